The molecule has 0 aliphatic carbocycles. The Morgan fingerprint density at radius 2 is 2.00 bits per heavy atom. The average Bonchev–Trinajstić information content (AvgIpc) is 3.08. The number of aryl methyl sites for hydroxylation is 1. The monoisotopic (exact) mass is 348 g/mol. The normalized spacial score (nSPS) is 10.8. The highest BCUT2D eigenvalue weighted by atomic mass is 19.1. The van der Waals surface area contributed by atoms with Crippen molar-refractivity contribution in [3.63, 3.8) is 0 Å². The van der Waals surface area contributed by atoms with E-state index in [0.29, 0.717) is 16.9 Å². The van der Waals surface area contributed by atoms with Crippen LogP contribution in [-0.4, -0.2) is 30.9 Å². The first-order chi connectivity index (χ1) is 12.6. The van der Waals surface area contributed by atoms with E-state index < -0.39 is 11.7 Å². The summed E-state index contributed by atoms with van der Waals surface area (Å²) in [6.45, 7) is 0. The van der Waals surface area contributed by atoms with Crippen LogP contribution in [0.25, 0.3) is 22.3 Å². The fourth-order valence-electron chi connectivity index (χ4n) is 2.52. The highest BCUT2D eigenvalue weighted by Crippen LogP contribution is 2.20. The highest BCUT2D eigenvalue weighted by molar-refractivity contribution is 6.04. The number of aromatic nitrogens is 5. The van der Waals surface area contributed by atoms with E-state index in [0.717, 1.165) is 5.39 Å². The number of carbonyl (C=O) groups is 1. The standard InChI is InChI=1S/C18H13FN6O/c1-25-10-16(23-24-25)14-7-6-11-9-20-17(8-15(11)21-14)22-18(26)12-4-2-3-5-13(12)19/h2-10H,1H3,(H,20,22,26). The third kappa shape index (κ3) is 3.00. The zero-order valence-corrected chi connectivity index (χ0v) is 13.7. The molecule has 0 aliphatic heterocycles. The first kappa shape index (κ1) is 15.8. The van der Waals surface area contributed by atoms with E-state index in [4.69, 9.17) is 0 Å². The van der Waals surface area contributed by atoms with Crippen LogP contribution in [0.5, 0.6) is 0 Å². The summed E-state index contributed by atoms with van der Waals surface area (Å²) in [7, 11) is 1.78. The zero-order chi connectivity index (χ0) is 18.1. The van der Waals surface area contributed by atoms with Gasteiger partial charge in [0.2, 0.25) is 0 Å². The van der Waals surface area contributed by atoms with Gasteiger partial charge >= 0.3 is 0 Å². The lowest BCUT2D eigenvalue weighted by Gasteiger charge is -2.06. The molecule has 0 bridgehead atoms. The summed E-state index contributed by atoms with van der Waals surface area (Å²) in [6.07, 6.45) is 3.36. The second-order valence-corrected chi connectivity index (χ2v) is 5.67. The van der Waals surface area contributed by atoms with Gasteiger partial charge < -0.3 is 5.32 Å². The lowest BCUT2D eigenvalue weighted by molar-refractivity contribution is 0.102. The van der Waals surface area contributed by atoms with Gasteiger partial charge in [0, 0.05) is 24.7 Å². The Hall–Kier alpha value is -3.68. The van der Waals surface area contributed by atoms with Gasteiger partial charge in [-0.05, 0) is 24.3 Å². The van der Waals surface area contributed by atoms with Crippen molar-refractivity contribution in [2.75, 3.05) is 5.32 Å². The van der Waals surface area contributed by atoms with Gasteiger partial charge in [0.05, 0.1) is 23.0 Å². The Labute approximate surface area is 147 Å². The number of hydrogen-bond donors (Lipinski definition) is 1. The lowest BCUT2D eigenvalue weighted by atomic mass is 10.2. The van der Waals surface area contributed by atoms with Gasteiger partial charge in [0.15, 0.2) is 0 Å². The van der Waals surface area contributed by atoms with Crippen molar-refractivity contribution in [2.24, 2.45) is 7.05 Å². The summed E-state index contributed by atoms with van der Waals surface area (Å²) >= 11 is 0. The van der Waals surface area contributed by atoms with Gasteiger partial charge in [0.25, 0.3) is 5.91 Å². The molecule has 0 saturated carbocycles. The lowest BCUT2D eigenvalue weighted by Crippen LogP contribution is -2.14. The van der Waals surface area contributed by atoms with Crippen molar-refractivity contribution in [3.05, 3.63) is 66.2 Å². The van der Waals surface area contributed by atoms with E-state index >= 15 is 0 Å². The Kier molecular flexibility index (Phi) is 3.85. The van der Waals surface area contributed by atoms with E-state index in [1.165, 1.54) is 18.2 Å². The molecule has 4 aromatic rings. The number of fused-ring (bicyclic) bond motifs is 1. The second kappa shape index (κ2) is 6.32. The van der Waals surface area contributed by atoms with Crippen molar-refractivity contribution in [3.8, 4) is 11.4 Å². The molecule has 1 amide bonds. The second-order valence-electron chi connectivity index (χ2n) is 5.67. The number of anilines is 1. The van der Waals surface area contributed by atoms with E-state index in [1.807, 2.05) is 12.1 Å². The molecule has 0 saturated heterocycles. The van der Waals surface area contributed by atoms with Crippen molar-refractivity contribution < 1.29 is 9.18 Å². The van der Waals surface area contributed by atoms with Crippen molar-refractivity contribution in [2.45, 2.75) is 0 Å². The Balaban J connectivity index is 1.66. The molecule has 26 heavy (non-hydrogen) atoms. The molecule has 0 spiro atoms. The van der Waals surface area contributed by atoms with Gasteiger partial charge in [-0.1, -0.05) is 17.3 Å². The minimum atomic E-state index is -0.589. The summed E-state index contributed by atoms with van der Waals surface area (Å²) in [6, 6.07) is 11.1. The quantitative estimate of drug-likeness (QED) is 0.615. The zero-order valence-electron chi connectivity index (χ0n) is 13.7. The van der Waals surface area contributed by atoms with Crippen LogP contribution in [0.2, 0.25) is 0 Å². The maximum absolute atomic E-state index is 13.7. The molecular formula is C18H13FN6O. The molecule has 7 nitrogen and oxygen atoms in total. The smallest absolute Gasteiger partial charge is 0.259 e. The van der Waals surface area contributed by atoms with Crippen LogP contribution in [0.1, 0.15) is 10.4 Å². The fraction of sp³-hybridized carbons (Fsp3) is 0.0556. The molecular weight excluding hydrogens is 335 g/mol. The summed E-state index contributed by atoms with van der Waals surface area (Å²) in [5, 5.41) is 11.3. The summed E-state index contributed by atoms with van der Waals surface area (Å²) < 4.78 is 15.3. The molecule has 8 heteroatoms. The molecule has 0 unspecified atom stereocenters. The molecule has 0 atom stereocenters. The molecule has 3 heterocycles. The number of amides is 1. The molecule has 3 aromatic heterocycles. The SMILES string of the molecule is Cn1cc(-c2ccc3cnc(NC(=O)c4ccccc4F)cc3n2)nn1. The maximum Gasteiger partial charge on any atom is 0.259 e. The Bertz CT molecular complexity index is 1120. The summed E-state index contributed by atoms with van der Waals surface area (Å²) in [5.74, 6) is -0.872. The van der Waals surface area contributed by atoms with Crippen LogP contribution < -0.4 is 5.32 Å². The molecule has 1 N–H and O–H groups in total. The third-order valence-electron chi connectivity index (χ3n) is 3.80. The van der Waals surface area contributed by atoms with E-state index in [1.54, 1.807) is 36.3 Å². The van der Waals surface area contributed by atoms with Gasteiger partial charge in [-0.15, -0.1) is 5.10 Å². The molecule has 1 aromatic carbocycles. The van der Waals surface area contributed by atoms with E-state index in [2.05, 4.69) is 25.6 Å². The number of halogens is 1. The van der Waals surface area contributed by atoms with Gasteiger partial charge in [-0.3, -0.25) is 9.48 Å². The molecule has 0 aliphatic rings. The van der Waals surface area contributed by atoms with Crippen LogP contribution in [0.15, 0.2) is 54.9 Å². The Morgan fingerprint density at radius 3 is 2.77 bits per heavy atom. The largest absolute Gasteiger partial charge is 0.306 e. The average molecular weight is 348 g/mol. The van der Waals surface area contributed by atoms with Crippen LogP contribution >= 0.6 is 0 Å². The van der Waals surface area contributed by atoms with E-state index in [9.17, 15) is 9.18 Å². The maximum atomic E-state index is 13.7. The van der Waals surface area contributed by atoms with E-state index in [-0.39, 0.29) is 11.4 Å². The molecule has 0 fully saturated rings. The topological polar surface area (TPSA) is 85.6 Å². The number of pyridine rings is 2. The summed E-state index contributed by atoms with van der Waals surface area (Å²) in [5.41, 5.74) is 1.88. The highest BCUT2D eigenvalue weighted by Gasteiger charge is 2.12. The number of rotatable bonds is 3. The van der Waals surface area contributed by atoms with Gasteiger partial charge in [0.1, 0.15) is 17.3 Å². The predicted octanol–water partition coefficient (Wildman–Crippen LogP) is 2.82. The predicted molar refractivity (Wildman–Crippen MR) is 93.9 cm³/mol. The first-order valence-electron chi connectivity index (χ1n) is 7.79. The minimum Gasteiger partial charge on any atom is -0.306 e. The van der Waals surface area contributed by atoms with Crippen LogP contribution in [0.3, 0.4) is 0 Å². The number of carbonyl (C=O) groups excluding carboxylic acids is 1. The summed E-state index contributed by atoms with van der Waals surface area (Å²) in [4.78, 5) is 20.9. The van der Waals surface area contributed by atoms with Gasteiger partial charge in [-0.25, -0.2) is 14.4 Å². The molecule has 0 radical (unpaired) electrons. The molecule has 128 valence electrons. The fourth-order valence-corrected chi connectivity index (χ4v) is 2.52. The van der Waals surface area contributed by atoms with Crippen LogP contribution in [0, 0.1) is 5.82 Å². The molecule has 4 rings (SSSR count). The van der Waals surface area contributed by atoms with Crippen LogP contribution in [0.4, 0.5) is 10.2 Å². The third-order valence-corrected chi connectivity index (χ3v) is 3.80. The van der Waals surface area contributed by atoms with Gasteiger partial charge in [-0.2, -0.15) is 0 Å². The van der Waals surface area contributed by atoms with Crippen LogP contribution in [-0.2, 0) is 7.05 Å². The van der Waals surface area contributed by atoms with Crippen molar-refractivity contribution in [1.82, 2.24) is 25.0 Å². The minimum absolute atomic E-state index is 0.0457. The number of hydrogen-bond acceptors (Lipinski definition) is 5. The van der Waals surface area contributed by atoms with Crippen molar-refractivity contribution in [1.29, 1.82) is 0 Å². The number of benzene rings is 1. The number of nitrogens with zero attached hydrogens (tertiary/aromatic N) is 5. The Morgan fingerprint density at radius 1 is 1.15 bits per heavy atom. The first-order valence-corrected chi connectivity index (χ1v) is 7.79. The number of nitrogens with one attached hydrogen (secondary N) is 1. The van der Waals surface area contributed by atoms with Crippen molar-refractivity contribution >= 4 is 22.6 Å².